The van der Waals surface area contributed by atoms with Gasteiger partial charge in [0.2, 0.25) is 5.95 Å². The predicted molar refractivity (Wildman–Crippen MR) is 80.2 cm³/mol. The Morgan fingerprint density at radius 2 is 2.08 bits per heavy atom. The molecule has 0 aliphatic carbocycles. The summed E-state index contributed by atoms with van der Waals surface area (Å²) in [5.41, 5.74) is 6.72. The van der Waals surface area contributed by atoms with Crippen molar-refractivity contribution in [2.24, 2.45) is 0 Å². The van der Waals surface area contributed by atoms with E-state index in [-0.39, 0.29) is 30.3 Å². The molecular weight excluding hydrogens is 325 g/mol. The number of ether oxygens (including phenoxy) is 1. The molecule has 1 aromatic carbocycles. The summed E-state index contributed by atoms with van der Waals surface area (Å²) in [6.07, 6.45) is -4.24. The van der Waals surface area contributed by atoms with Crippen LogP contribution in [0.25, 0.3) is 0 Å². The van der Waals surface area contributed by atoms with Crippen LogP contribution >= 0.6 is 0 Å². The van der Waals surface area contributed by atoms with E-state index in [1.807, 2.05) is 4.90 Å². The Kier molecular flexibility index (Phi) is 4.18. The summed E-state index contributed by atoms with van der Waals surface area (Å²) in [4.78, 5) is 20.4. The number of nitrogen functional groups attached to an aromatic ring is 1. The molecule has 24 heavy (non-hydrogen) atoms. The summed E-state index contributed by atoms with van der Waals surface area (Å²) in [6.45, 7) is 1.08. The molecule has 3 N–H and O–H groups in total. The van der Waals surface area contributed by atoms with E-state index >= 15 is 0 Å². The highest BCUT2D eigenvalue weighted by atomic mass is 19.4. The number of halogens is 3. The van der Waals surface area contributed by atoms with Crippen molar-refractivity contribution in [3.05, 3.63) is 51.4 Å². The number of fused-ring (bicyclic) bond motifs is 1. The third-order valence-electron chi connectivity index (χ3n) is 3.76. The highest BCUT2D eigenvalue weighted by Crippen LogP contribution is 2.28. The van der Waals surface area contributed by atoms with Gasteiger partial charge in [-0.15, -0.1) is 13.2 Å². The first-order valence-electron chi connectivity index (χ1n) is 7.25. The van der Waals surface area contributed by atoms with Gasteiger partial charge in [0.25, 0.3) is 5.56 Å². The molecule has 0 saturated carbocycles. The van der Waals surface area contributed by atoms with E-state index in [1.165, 1.54) is 12.1 Å². The Morgan fingerprint density at radius 1 is 1.33 bits per heavy atom. The van der Waals surface area contributed by atoms with Gasteiger partial charge in [0.05, 0.1) is 11.3 Å². The Bertz CT molecular complexity index is 804. The predicted octanol–water partition coefficient (Wildman–Crippen LogP) is 1.81. The number of benzene rings is 1. The first-order valence-corrected chi connectivity index (χ1v) is 7.25. The Balaban J connectivity index is 1.80. The second kappa shape index (κ2) is 6.16. The van der Waals surface area contributed by atoms with E-state index in [2.05, 4.69) is 14.7 Å². The van der Waals surface area contributed by atoms with Crippen LogP contribution in [0.15, 0.2) is 29.1 Å². The molecule has 1 aliphatic rings. The molecule has 1 aromatic heterocycles. The molecular formula is C15H15F3N4O2. The summed E-state index contributed by atoms with van der Waals surface area (Å²) in [6, 6.07) is 5.97. The fourth-order valence-electron chi connectivity index (χ4n) is 2.73. The van der Waals surface area contributed by atoms with Gasteiger partial charge in [0.1, 0.15) is 5.75 Å². The third-order valence-corrected chi connectivity index (χ3v) is 3.76. The van der Waals surface area contributed by atoms with E-state index < -0.39 is 6.36 Å². The molecule has 0 saturated heterocycles. The maximum atomic E-state index is 12.5. The number of H-pyrrole nitrogens is 1. The van der Waals surface area contributed by atoms with E-state index in [4.69, 9.17) is 5.73 Å². The van der Waals surface area contributed by atoms with Crippen LogP contribution in [-0.4, -0.2) is 27.8 Å². The van der Waals surface area contributed by atoms with Crippen LogP contribution in [0, 0.1) is 0 Å². The molecule has 0 atom stereocenters. The lowest BCUT2D eigenvalue weighted by Gasteiger charge is -2.28. The molecule has 0 amide bonds. The summed E-state index contributed by atoms with van der Waals surface area (Å²) in [7, 11) is 0. The van der Waals surface area contributed by atoms with Gasteiger partial charge in [0, 0.05) is 31.6 Å². The highest BCUT2D eigenvalue weighted by molar-refractivity contribution is 5.34. The largest absolute Gasteiger partial charge is 0.573 e. The number of rotatable bonds is 3. The van der Waals surface area contributed by atoms with Crippen LogP contribution in [0.3, 0.4) is 0 Å². The average molecular weight is 340 g/mol. The van der Waals surface area contributed by atoms with Gasteiger partial charge in [0.15, 0.2) is 0 Å². The zero-order valence-electron chi connectivity index (χ0n) is 12.6. The van der Waals surface area contributed by atoms with Crippen LogP contribution in [0.1, 0.15) is 16.8 Å². The molecule has 0 bridgehead atoms. The van der Waals surface area contributed by atoms with E-state index in [9.17, 15) is 18.0 Å². The summed E-state index contributed by atoms with van der Waals surface area (Å²) >= 11 is 0. The molecule has 0 radical (unpaired) electrons. The smallest absolute Gasteiger partial charge is 0.405 e. The minimum absolute atomic E-state index is 0.0659. The van der Waals surface area contributed by atoms with Crippen molar-refractivity contribution < 1.29 is 17.9 Å². The summed E-state index contributed by atoms with van der Waals surface area (Å²) in [5, 5.41) is 0. The van der Waals surface area contributed by atoms with E-state index in [1.54, 1.807) is 12.1 Å². The fourth-order valence-corrected chi connectivity index (χ4v) is 2.73. The molecule has 0 unspecified atom stereocenters. The molecule has 6 nitrogen and oxygen atoms in total. The monoisotopic (exact) mass is 340 g/mol. The maximum absolute atomic E-state index is 12.5. The van der Waals surface area contributed by atoms with Crippen LogP contribution in [0.4, 0.5) is 19.1 Å². The summed E-state index contributed by atoms with van der Waals surface area (Å²) < 4.78 is 41.5. The van der Waals surface area contributed by atoms with Gasteiger partial charge in [-0.25, -0.2) is 4.98 Å². The highest BCUT2D eigenvalue weighted by Gasteiger charge is 2.32. The first kappa shape index (κ1) is 16.3. The lowest BCUT2D eigenvalue weighted by Crippen LogP contribution is -2.35. The summed E-state index contributed by atoms with van der Waals surface area (Å²) in [5.74, 6) is -0.170. The molecule has 3 rings (SSSR count). The van der Waals surface area contributed by atoms with E-state index in [0.717, 1.165) is 0 Å². The zero-order chi connectivity index (χ0) is 17.3. The minimum atomic E-state index is -4.75. The zero-order valence-corrected chi connectivity index (χ0v) is 12.6. The normalized spacial score (nSPS) is 15.1. The van der Waals surface area contributed by atoms with Crippen molar-refractivity contribution in [1.82, 2.24) is 14.9 Å². The van der Waals surface area contributed by atoms with Gasteiger partial charge in [-0.05, 0) is 6.07 Å². The van der Waals surface area contributed by atoms with Crippen molar-refractivity contribution in [3.63, 3.8) is 0 Å². The van der Waals surface area contributed by atoms with Gasteiger partial charge in [-0.3, -0.25) is 14.7 Å². The topological polar surface area (TPSA) is 84.2 Å². The number of nitrogens with one attached hydrogen (secondary N) is 1. The second-order valence-electron chi connectivity index (χ2n) is 5.49. The minimum Gasteiger partial charge on any atom is -0.405 e. The van der Waals surface area contributed by atoms with Crippen LogP contribution in [-0.2, 0) is 19.5 Å². The van der Waals surface area contributed by atoms with Crippen molar-refractivity contribution in [1.29, 1.82) is 0 Å². The van der Waals surface area contributed by atoms with Gasteiger partial charge in [-0.2, -0.15) is 0 Å². The number of nitrogens with two attached hydrogens (primary N) is 1. The van der Waals surface area contributed by atoms with Gasteiger partial charge >= 0.3 is 6.36 Å². The SMILES string of the molecule is Nc1nc2c(c(=O)[nH]1)CN(Cc1ccccc1OC(F)(F)F)CC2. The lowest BCUT2D eigenvalue weighted by atomic mass is 10.1. The Morgan fingerprint density at radius 3 is 2.83 bits per heavy atom. The van der Waals surface area contributed by atoms with Crippen molar-refractivity contribution in [2.45, 2.75) is 25.9 Å². The molecule has 2 heterocycles. The number of anilines is 1. The molecule has 0 spiro atoms. The fraction of sp³-hybridized carbons (Fsp3) is 0.333. The van der Waals surface area contributed by atoms with E-state index in [0.29, 0.717) is 29.8 Å². The number of nitrogens with zero attached hydrogens (tertiary/aromatic N) is 2. The standard InChI is InChI=1S/C15H15F3N4O2/c16-15(17,18)24-12-4-2-1-3-9(12)7-22-6-5-11-10(8-22)13(23)21-14(19)20-11/h1-4H,5-8H2,(H3,19,20,21,23). The number of aromatic amines is 1. The molecule has 0 fully saturated rings. The van der Waals surface area contributed by atoms with Crippen molar-refractivity contribution >= 4 is 5.95 Å². The van der Waals surface area contributed by atoms with Crippen LogP contribution < -0.4 is 16.0 Å². The maximum Gasteiger partial charge on any atom is 0.573 e. The average Bonchev–Trinajstić information content (AvgIpc) is 2.48. The second-order valence-corrected chi connectivity index (χ2v) is 5.49. The number of alkyl halides is 3. The first-order chi connectivity index (χ1) is 11.3. The molecule has 1 aliphatic heterocycles. The number of hydrogen-bond donors (Lipinski definition) is 2. The number of para-hydroxylation sites is 1. The molecule has 2 aromatic rings. The Hall–Kier alpha value is -2.55. The molecule has 128 valence electrons. The van der Waals surface area contributed by atoms with Crippen molar-refractivity contribution in [3.8, 4) is 5.75 Å². The van der Waals surface area contributed by atoms with Crippen LogP contribution in [0.2, 0.25) is 0 Å². The quantitative estimate of drug-likeness (QED) is 0.890. The third kappa shape index (κ3) is 3.67. The Labute approximate surface area is 135 Å². The van der Waals surface area contributed by atoms with Gasteiger partial charge < -0.3 is 10.5 Å². The number of aromatic nitrogens is 2. The molecule has 9 heteroatoms. The van der Waals surface area contributed by atoms with Gasteiger partial charge in [-0.1, -0.05) is 18.2 Å². The number of hydrogen-bond acceptors (Lipinski definition) is 5. The van der Waals surface area contributed by atoms with Crippen LogP contribution in [0.5, 0.6) is 5.75 Å². The van der Waals surface area contributed by atoms with Crippen molar-refractivity contribution in [2.75, 3.05) is 12.3 Å². The lowest BCUT2D eigenvalue weighted by molar-refractivity contribution is -0.275.